The smallest absolute Gasteiger partial charge is 0.136 e. The average molecular weight is 213 g/mol. The van der Waals surface area contributed by atoms with Crippen molar-refractivity contribution < 1.29 is 29.4 Å². The van der Waals surface area contributed by atoms with E-state index in [9.17, 15) is 0 Å². The summed E-state index contributed by atoms with van der Waals surface area (Å²) in [6, 6.07) is 0. The highest BCUT2D eigenvalue weighted by Gasteiger charge is 1.76. The van der Waals surface area contributed by atoms with Gasteiger partial charge in [0.15, 0.2) is 0 Å². The van der Waals surface area contributed by atoms with Crippen molar-refractivity contribution in [2.75, 3.05) is 0 Å². The number of hydrogen-bond acceptors (Lipinski definition) is 0. The van der Waals surface area contributed by atoms with E-state index in [1.54, 1.807) is 6.21 Å². The van der Waals surface area contributed by atoms with E-state index >= 15 is 0 Å². The largest absolute Gasteiger partial charge is 1.00 e. The summed E-state index contributed by atoms with van der Waals surface area (Å²) in [4.78, 5) is 0. The van der Waals surface area contributed by atoms with Gasteiger partial charge in [0.2, 0.25) is 0 Å². The molecule has 0 amide bonds. The van der Waals surface area contributed by atoms with Crippen LogP contribution in [0.5, 0.6) is 0 Å². The van der Waals surface area contributed by atoms with Crippen molar-refractivity contribution in [3.63, 3.8) is 0 Å². The molecule has 0 aromatic rings. The lowest BCUT2D eigenvalue weighted by atomic mass is 10.3. The third-order valence-electron chi connectivity index (χ3n) is 0.724. The van der Waals surface area contributed by atoms with E-state index in [0.717, 1.165) is 6.42 Å². The van der Waals surface area contributed by atoms with Crippen LogP contribution in [0.25, 0.3) is 0 Å². The first kappa shape index (κ1) is 10.4. The molecule has 0 unspecified atom stereocenters. The number of rotatable bonds is 3. The molecule has 0 aromatic carbocycles. The first-order valence-corrected chi connectivity index (χ1v) is 2.45. The van der Waals surface area contributed by atoms with Gasteiger partial charge in [-0.1, -0.05) is 13.3 Å². The van der Waals surface area contributed by atoms with Gasteiger partial charge in [-0.2, -0.15) is 0 Å². The molecular formula is C5H12IN. The van der Waals surface area contributed by atoms with Crippen molar-refractivity contribution in [2.45, 2.75) is 26.2 Å². The number of nitrogens with two attached hydrogens (primary N) is 1. The van der Waals surface area contributed by atoms with Crippen LogP contribution in [0, 0.1) is 0 Å². The molecule has 0 saturated carbocycles. The second kappa shape index (κ2) is 9.64. The Hall–Kier alpha value is 0.400. The molecule has 0 aliphatic heterocycles. The fourth-order valence-corrected chi connectivity index (χ4v) is 0.322. The zero-order valence-electron chi connectivity index (χ0n) is 4.65. The minimum Gasteiger partial charge on any atom is -1.00 e. The summed E-state index contributed by atoms with van der Waals surface area (Å²) >= 11 is 0. The zero-order valence-corrected chi connectivity index (χ0v) is 6.81. The lowest BCUT2D eigenvalue weighted by Gasteiger charge is -1.78. The van der Waals surface area contributed by atoms with Crippen molar-refractivity contribution in [3.05, 3.63) is 0 Å². The molecule has 1 nitrogen and oxygen atoms in total. The molecule has 0 saturated heterocycles. The van der Waals surface area contributed by atoms with E-state index in [1.807, 2.05) is 0 Å². The van der Waals surface area contributed by atoms with Gasteiger partial charge in [-0.25, -0.2) is 0 Å². The summed E-state index contributed by atoms with van der Waals surface area (Å²) in [5.41, 5.74) is 0. The molecule has 44 valence electrons. The summed E-state index contributed by atoms with van der Waals surface area (Å²) < 4.78 is 0. The standard InChI is InChI=1S/C5H11N.HI/c1-2-3-4-5-6;/h5-6H,2-4H2,1H3;1H. The van der Waals surface area contributed by atoms with Crippen LogP contribution < -0.4 is 29.4 Å². The molecule has 0 fully saturated rings. The normalized spacial score (nSPS) is 7.00. The van der Waals surface area contributed by atoms with Crippen LogP contribution in [0.3, 0.4) is 0 Å². The Morgan fingerprint density at radius 1 is 1.57 bits per heavy atom. The molecule has 0 heterocycles. The van der Waals surface area contributed by atoms with E-state index in [1.165, 1.54) is 12.8 Å². The van der Waals surface area contributed by atoms with Crippen LogP contribution >= 0.6 is 0 Å². The molecule has 0 aromatic heterocycles. The Morgan fingerprint density at radius 2 is 2.14 bits per heavy atom. The first-order valence-electron chi connectivity index (χ1n) is 2.45. The molecular weight excluding hydrogens is 201 g/mol. The summed E-state index contributed by atoms with van der Waals surface area (Å²) in [6.07, 6.45) is 5.25. The van der Waals surface area contributed by atoms with Gasteiger partial charge in [-0.3, -0.25) is 5.41 Å². The van der Waals surface area contributed by atoms with E-state index < -0.39 is 0 Å². The van der Waals surface area contributed by atoms with E-state index in [-0.39, 0.29) is 24.0 Å². The van der Waals surface area contributed by atoms with E-state index in [2.05, 4.69) is 6.92 Å². The van der Waals surface area contributed by atoms with Crippen molar-refractivity contribution in [1.29, 1.82) is 0 Å². The quantitative estimate of drug-likeness (QED) is 0.294. The van der Waals surface area contributed by atoms with Crippen molar-refractivity contribution >= 4 is 6.21 Å². The maximum absolute atomic E-state index is 5.09. The predicted molar refractivity (Wildman–Crippen MR) is 27.5 cm³/mol. The second-order valence-corrected chi connectivity index (χ2v) is 1.38. The van der Waals surface area contributed by atoms with Gasteiger partial charge in [0, 0.05) is 6.42 Å². The highest BCUT2D eigenvalue weighted by molar-refractivity contribution is 5.48. The Bertz CT molecular complexity index is 37.1. The zero-order chi connectivity index (χ0) is 4.83. The molecule has 0 atom stereocenters. The van der Waals surface area contributed by atoms with Gasteiger partial charge in [-0.15, -0.1) is 0 Å². The van der Waals surface area contributed by atoms with Crippen LogP contribution in [-0.4, -0.2) is 6.21 Å². The highest BCUT2D eigenvalue weighted by Crippen LogP contribution is 1.86. The average Bonchev–Trinajstić information content (AvgIpc) is 1.61. The van der Waals surface area contributed by atoms with Crippen molar-refractivity contribution in [2.24, 2.45) is 0 Å². The minimum atomic E-state index is 0. The maximum Gasteiger partial charge on any atom is 0.136 e. The topological polar surface area (TPSA) is 25.6 Å². The molecule has 0 spiro atoms. The van der Waals surface area contributed by atoms with Crippen molar-refractivity contribution in [1.82, 2.24) is 0 Å². The number of halogens is 1. The summed E-state index contributed by atoms with van der Waals surface area (Å²) in [5.74, 6) is 0. The fraction of sp³-hybridized carbons (Fsp3) is 0.800. The fourth-order valence-electron chi connectivity index (χ4n) is 0.322. The monoisotopic (exact) mass is 213 g/mol. The van der Waals surface area contributed by atoms with Crippen LogP contribution in [0.4, 0.5) is 0 Å². The van der Waals surface area contributed by atoms with Crippen LogP contribution in [0.1, 0.15) is 26.2 Å². The third kappa shape index (κ3) is 10.7. The summed E-state index contributed by atoms with van der Waals surface area (Å²) in [5, 5.41) is 5.09. The Labute approximate surface area is 62.0 Å². The van der Waals surface area contributed by atoms with Crippen LogP contribution in [-0.2, 0) is 0 Å². The lowest BCUT2D eigenvalue weighted by molar-refractivity contribution is -0.107. The Kier molecular flexibility index (Phi) is 14.3. The molecule has 0 aliphatic carbocycles. The Balaban J connectivity index is 0. The molecule has 2 heteroatoms. The molecule has 2 N–H and O–H groups in total. The SMILES string of the molecule is CCCCC=[NH2+].[I-]. The van der Waals surface area contributed by atoms with Gasteiger partial charge >= 0.3 is 0 Å². The minimum absolute atomic E-state index is 0. The van der Waals surface area contributed by atoms with E-state index in [0.29, 0.717) is 0 Å². The van der Waals surface area contributed by atoms with E-state index in [4.69, 9.17) is 5.41 Å². The molecule has 0 radical (unpaired) electrons. The molecule has 7 heavy (non-hydrogen) atoms. The summed E-state index contributed by atoms with van der Waals surface area (Å²) in [7, 11) is 0. The molecule has 0 aliphatic rings. The van der Waals surface area contributed by atoms with Gasteiger partial charge in [-0.05, 0) is 6.42 Å². The van der Waals surface area contributed by atoms with Crippen LogP contribution in [0.2, 0.25) is 0 Å². The van der Waals surface area contributed by atoms with Gasteiger partial charge in [0.25, 0.3) is 0 Å². The van der Waals surface area contributed by atoms with Crippen LogP contribution in [0.15, 0.2) is 0 Å². The predicted octanol–water partition coefficient (Wildman–Crippen LogP) is -2.99. The third-order valence-corrected chi connectivity index (χ3v) is 0.724. The Morgan fingerprint density at radius 3 is 2.29 bits per heavy atom. The second-order valence-electron chi connectivity index (χ2n) is 1.38. The highest BCUT2D eigenvalue weighted by atomic mass is 127. The molecule has 0 bridgehead atoms. The van der Waals surface area contributed by atoms with Gasteiger partial charge in [0.1, 0.15) is 6.21 Å². The number of unbranched alkanes of at least 4 members (excludes halogenated alkanes) is 2. The molecule has 0 rings (SSSR count). The maximum atomic E-state index is 5.09. The van der Waals surface area contributed by atoms with Crippen molar-refractivity contribution in [3.8, 4) is 0 Å². The van der Waals surface area contributed by atoms with Gasteiger partial charge in [0.05, 0.1) is 0 Å². The van der Waals surface area contributed by atoms with Gasteiger partial charge < -0.3 is 24.0 Å². The lowest BCUT2D eigenvalue weighted by Crippen LogP contribution is -3.00. The summed E-state index contributed by atoms with van der Waals surface area (Å²) in [6.45, 7) is 2.16. The number of hydrogen-bond donors (Lipinski definition) is 1. The first-order chi connectivity index (χ1) is 2.91.